The molecule has 0 spiro atoms. The van der Waals surface area contributed by atoms with Crippen molar-refractivity contribution in [2.45, 2.75) is 185 Å². The molecule has 3 heterocycles. The number of aliphatic hydroxyl groups is 3. The third-order valence-electron chi connectivity index (χ3n) is 12.6. The van der Waals surface area contributed by atoms with Gasteiger partial charge in [0.25, 0.3) is 5.09 Å². The number of carbonyl (C=O) groups is 1. The molecule has 328 valence electrons. The molecule has 3 N–H and O–H groups in total. The van der Waals surface area contributed by atoms with Crippen LogP contribution < -0.4 is 0 Å². The van der Waals surface area contributed by atoms with E-state index in [2.05, 4.69) is 0 Å². The van der Waals surface area contributed by atoms with Crippen LogP contribution >= 0.6 is 0 Å². The van der Waals surface area contributed by atoms with Gasteiger partial charge in [-0.1, -0.05) is 20.8 Å². The van der Waals surface area contributed by atoms with E-state index in [0.717, 1.165) is 0 Å². The quantitative estimate of drug-likeness (QED) is 0.165. The van der Waals surface area contributed by atoms with Crippen molar-refractivity contribution in [2.75, 3.05) is 41.9 Å². The molecule has 0 aromatic heterocycles. The fourth-order valence-corrected chi connectivity index (χ4v) is 9.35. The predicted octanol–water partition coefficient (Wildman–Crippen LogP) is 2.77. The van der Waals surface area contributed by atoms with E-state index >= 15 is 0 Å². The van der Waals surface area contributed by atoms with Crippen molar-refractivity contribution in [3.8, 4) is 0 Å². The molecule has 0 saturated carbocycles. The van der Waals surface area contributed by atoms with Crippen LogP contribution in [0, 0.1) is 27.9 Å². The van der Waals surface area contributed by atoms with Gasteiger partial charge in [-0.2, -0.15) is 0 Å². The first-order chi connectivity index (χ1) is 25.8. The lowest BCUT2D eigenvalue weighted by atomic mass is 9.77. The summed E-state index contributed by atoms with van der Waals surface area (Å²) in [4.78, 5) is 35.4. The SMILES string of the molecule is CC[C@H]1OC(=O)[C@H](C)[C@@H](O[C@H]2C[C@@](C)(OC)[C@@H](O)[C@H](C)O2)[C@H](C)[C@@H](O[C@@H]2O[C@H](C)C[C@H](N(C)C)[C@H]2O[N+](=O)[O-])[C@](C)(O)C[C@@H](C)CN(C)[C@H](C)[C@@H](OC)[C@]1(C)O. The van der Waals surface area contributed by atoms with E-state index in [9.17, 15) is 30.2 Å². The molecule has 0 aromatic carbocycles. The average Bonchev–Trinajstić information content (AvgIpc) is 3.09. The van der Waals surface area contributed by atoms with Gasteiger partial charge >= 0.3 is 5.97 Å². The monoisotopic (exact) mass is 808 g/mol. The second-order valence-corrected chi connectivity index (χ2v) is 17.7. The van der Waals surface area contributed by atoms with Gasteiger partial charge in [0.15, 0.2) is 18.7 Å². The molecule has 17 heteroatoms. The fourth-order valence-electron chi connectivity index (χ4n) is 9.35. The second-order valence-electron chi connectivity index (χ2n) is 17.7. The Labute approximate surface area is 333 Å². The zero-order valence-corrected chi connectivity index (χ0v) is 36.4. The highest BCUT2D eigenvalue weighted by atomic mass is 17.0. The van der Waals surface area contributed by atoms with Gasteiger partial charge in [0, 0.05) is 45.2 Å². The summed E-state index contributed by atoms with van der Waals surface area (Å²) in [6.45, 7) is 18.1. The number of hydrogen-bond donors (Lipinski definition) is 3. The first kappa shape index (κ1) is 48.6. The summed E-state index contributed by atoms with van der Waals surface area (Å²) in [7, 11) is 8.49. The Morgan fingerprint density at radius 1 is 0.982 bits per heavy atom. The van der Waals surface area contributed by atoms with Crippen molar-refractivity contribution in [3.63, 3.8) is 0 Å². The van der Waals surface area contributed by atoms with Crippen LogP contribution in [0.3, 0.4) is 0 Å². The van der Waals surface area contributed by atoms with E-state index < -0.39 is 101 Å². The summed E-state index contributed by atoms with van der Waals surface area (Å²) >= 11 is 0. The first-order valence-electron chi connectivity index (χ1n) is 20.1. The maximum absolute atomic E-state index is 14.4. The van der Waals surface area contributed by atoms with Crippen LogP contribution in [0.1, 0.15) is 94.9 Å². The van der Waals surface area contributed by atoms with Gasteiger partial charge in [-0.25, -0.2) is 0 Å². The summed E-state index contributed by atoms with van der Waals surface area (Å²) in [5.74, 6) is -2.75. The highest BCUT2D eigenvalue weighted by molar-refractivity contribution is 5.73. The van der Waals surface area contributed by atoms with Gasteiger partial charge in [0.05, 0.1) is 41.5 Å². The number of rotatable bonds is 10. The molecule has 0 bridgehead atoms. The molecule has 56 heavy (non-hydrogen) atoms. The summed E-state index contributed by atoms with van der Waals surface area (Å²) in [5, 5.41) is 46.7. The van der Waals surface area contributed by atoms with Gasteiger partial charge in [-0.3, -0.25) is 4.79 Å². The minimum absolute atomic E-state index is 0.0947. The Morgan fingerprint density at radius 3 is 2.14 bits per heavy atom. The van der Waals surface area contributed by atoms with Crippen molar-refractivity contribution < 1.29 is 63.2 Å². The smallest absolute Gasteiger partial charge is 0.311 e. The molecule has 0 aliphatic carbocycles. The molecule has 0 unspecified atom stereocenters. The van der Waals surface area contributed by atoms with E-state index in [1.807, 2.05) is 44.5 Å². The molecule has 3 rings (SSSR count). The van der Waals surface area contributed by atoms with Gasteiger partial charge in [0.2, 0.25) is 0 Å². The Bertz CT molecular complexity index is 1280. The molecule has 0 aromatic rings. The van der Waals surface area contributed by atoms with Crippen molar-refractivity contribution in [3.05, 3.63) is 10.1 Å². The highest BCUT2D eigenvalue weighted by Gasteiger charge is 2.53. The standard InChI is InChI=1S/C39H73N3O14/c1-16-28-39(10,46)34(49-14)25(6)41(13)20-21(2)18-37(8,45)33(55-36-31(56-42(47)48)27(40(11)12)17-22(3)51-36)23(4)30(24(5)35(44)53-28)54-29-19-38(9,50-15)32(43)26(7)52-29/h21-34,36,43,45-46H,16-20H2,1-15H3/t21-,22-,23+,24-,25-,26+,27+,28-,29+,30+,31-,32+,33-,34-,36+,37-,38-,39-/m1/s1. The normalized spacial score (nSPS) is 46.8. The Morgan fingerprint density at radius 2 is 1.61 bits per heavy atom. The first-order valence-corrected chi connectivity index (χ1v) is 20.1. The number of likely N-dealkylation sites (N-methyl/N-ethyl adjacent to an activating group) is 2. The van der Waals surface area contributed by atoms with Crippen LogP contribution in [0.5, 0.6) is 0 Å². The van der Waals surface area contributed by atoms with Crippen LogP contribution in [-0.2, 0) is 42.8 Å². The molecular formula is C39H73N3O14. The highest BCUT2D eigenvalue weighted by Crippen LogP contribution is 2.40. The zero-order chi connectivity index (χ0) is 42.7. The van der Waals surface area contributed by atoms with E-state index in [4.69, 9.17) is 38.0 Å². The van der Waals surface area contributed by atoms with Crippen molar-refractivity contribution in [1.29, 1.82) is 0 Å². The lowest BCUT2D eigenvalue weighted by Gasteiger charge is -2.49. The third kappa shape index (κ3) is 11.1. The molecule has 0 amide bonds. The van der Waals surface area contributed by atoms with Crippen molar-refractivity contribution in [2.24, 2.45) is 17.8 Å². The lowest BCUT2D eigenvalue weighted by Crippen LogP contribution is -2.61. The molecule has 18 atom stereocenters. The lowest BCUT2D eigenvalue weighted by molar-refractivity contribution is -0.775. The van der Waals surface area contributed by atoms with Crippen LogP contribution in [-0.4, -0.2) is 168 Å². The van der Waals surface area contributed by atoms with Gasteiger partial charge in [-0.15, -0.1) is 10.1 Å². The number of methoxy groups -OCH3 is 2. The van der Waals surface area contributed by atoms with E-state index in [-0.39, 0.29) is 37.3 Å². The molecule has 3 aliphatic heterocycles. The second kappa shape index (κ2) is 19.5. The number of aliphatic hydroxyl groups excluding tert-OH is 1. The van der Waals surface area contributed by atoms with E-state index in [0.29, 0.717) is 13.0 Å². The number of ether oxygens (including phenoxy) is 7. The summed E-state index contributed by atoms with van der Waals surface area (Å²) in [6, 6.07) is -0.829. The largest absolute Gasteiger partial charge is 0.459 e. The Kier molecular flexibility index (Phi) is 16.9. The Hall–Kier alpha value is -1.77. The van der Waals surface area contributed by atoms with E-state index in [1.54, 1.807) is 55.6 Å². The summed E-state index contributed by atoms with van der Waals surface area (Å²) < 4.78 is 43.7. The van der Waals surface area contributed by atoms with Gasteiger partial charge in [0.1, 0.15) is 23.9 Å². The van der Waals surface area contributed by atoms with Crippen LogP contribution in [0.2, 0.25) is 0 Å². The number of hydrogen-bond acceptors (Lipinski definition) is 16. The zero-order valence-electron chi connectivity index (χ0n) is 36.4. The van der Waals surface area contributed by atoms with Crippen molar-refractivity contribution >= 4 is 5.97 Å². The number of carbonyl (C=O) groups excluding carboxylic acids is 1. The average molecular weight is 808 g/mol. The van der Waals surface area contributed by atoms with Crippen LogP contribution in [0.15, 0.2) is 0 Å². The number of nitrogens with zero attached hydrogens (tertiary/aromatic N) is 3. The van der Waals surface area contributed by atoms with Crippen molar-refractivity contribution in [1.82, 2.24) is 9.80 Å². The summed E-state index contributed by atoms with van der Waals surface area (Å²) in [6.07, 6.45) is -8.60. The molecule has 17 nitrogen and oxygen atoms in total. The topological polar surface area (TPSA) is 201 Å². The molecule has 3 aliphatic rings. The maximum Gasteiger partial charge on any atom is 0.311 e. The van der Waals surface area contributed by atoms with Gasteiger partial charge in [-0.05, 0) is 94.8 Å². The minimum Gasteiger partial charge on any atom is -0.459 e. The maximum atomic E-state index is 14.4. The van der Waals surface area contributed by atoms with E-state index in [1.165, 1.54) is 14.2 Å². The minimum atomic E-state index is -1.65. The number of cyclic esters (lactones) is 1. The molecule has 3 fully saturated rings. The fraction of sp³-hybridized carbons (Fsp3) is 0.974. The molecule has 0 radical (unpaired) electrons. The molecular weight excluding hydrogens is 734 g/mol. The third-order valence-corrected chi connectivity index (χ3v) is 12.6. The van der Waals surface area contributed by atoms with Crippen LogP contribution in [0.4, 0.5) is 0 Å². The predicted molar refractivity (Wildman–Crippen MR) is 205 cm³/mol. The van der Waals surface area contributed by atoms with Crippen LogP contribution in [0.25, 0.3) is 0 Å². The Balaban J connectivity index is 2.24. The summed E-state index contributed by atoms with van der Waals surface area (Å²) in [5.41, 5.74) is -4.32. The molecule has 3 saturated heterocycles. The van der Waals surface area contributed by atoms with Gasteiger partial charge < -0.3 is 63.1 Å². The number of esters is 1.